The second-order valence-electron chi connectivity index (χ2n) is 6.75. The summed E-state index contributed by atoms with van der Waals surface area (Å²) in [7, 11) is 0. The molecule has 0 saturated heterocycles. The highest BCUT2D eigenvalue weighted by Crippen LogP contribution is 2.49. The lowest BCUT2D eigenvalue weighted by molar-refractivity contribution is -0.158. The van der Waals surface area contributed by atoms with E-state index in [9.17, 15) is 14.7 Å². The van der Waals surface area contributed by atoms with Crippen LogP contribution in [-0.4, -0.2) is 22.6 Å². The Bertz CT molecular complexity index is 411. The highest BCUT2D eigenvalue weighted by Gasteiger charge is 2.53. The van der Waals surface area contributed by atoms with Crippen LogP contribution in [-0.2, 0) is 14.3 Å². The third kappa shape index (κ3) is 4.08. The number of allylic oxidation sites excluding steroid dienone is 1. The van der Waals surface area contributed by atoms with Gasteiger partial charge in [0.1, 0.15) is 5.60 Å². The second kappa shape index (κ2) is 6.63. The first kappa shape index (κ1) is 16.1. The fourth-order valence-corrected chi connectivity index (χ4v) is 3.58. The fraction of sp³-hybridized carbons (Fsp3) is 0.765. The van der Waals surface area contributed by atoms with E-state index in [2.05, 4.69) is 6.58 Å². The molecule has 118 valence electrons. The molecule has 0 bridgehead atoms. The van der Waals surface area contributed by atoms with Crippen molar-refractivity contribution in [2.75, 3.05) is 0 Å². The van der Waals surface area contributed by atoms with E-state index >= 15 is 0 Å². The molecule has 2 saturated carbocycles. The SMILES string of the molecule is C=CCC[C@H]1C[C@]1(C)OC(=O)C[C@H](C(=O)O)C1CCCC1. The van der Waals surface area contributed by atoms with Gasteiger partial charge < -0.3 is 9.84 Å². The summed E-state index contributed by atoms with van der Waals surface area (Å²) in [6, 6.07) is 0. The number of carbonyl (C=O) groups excluding carboxylic acids is 1. The maximum Gasteiger partial charge on any atom is 0.307 e. The first-order chi connectivity index (χ1) is 9.96. The van der Waals surface area contributed by atoms with Crippen molar-refractivity contribution in [3.63, 3.8) is 0 Å². The van der Waals surface area contributed by atoms with Crippen LogP contribution in [0.2, 0.25) is 0 Å². The highest BCUT2D eigenvalue weighted by molar-refractivity contribution is 5.79. The Balaban J connectivity index is 1.83. The van der Waals surface area contributed by atoms with E-state index in [1.165, 1.54) is 0 Å². The summed E-state index contributed by atoms with van der Waals surface area (Å²) in [6.45, 7) is 5.65. The molecule has 1 N–H and O–H groups in total. The first-order valence-corrected chi connectivity index (χ1v) is 8.02. The van der Waals surface area contributed by atoms with Crippen molar-refractivity contribution in [1.29, 1.82) is 0 Å². The van der Waals surface area contributed by atoms with Crippen LogP contribution in [0.4, 0.5) is 0 Å². The molecule has 0 unspecified atom stereocenters. The molecule has 2 fully saturated rings. The molecule has 4 heteroatoms. The van der Waals surface area contributed by atoms with Gasteiger partial charge in [-0.2, -0.15) is 0 Å². The second-order valence-corrected chi connectivity index (χ2v) is 6.75. The molecule has 0 aliphatic heterocycles. The van der Waals surface area contributed by atoms with Gasteiger partial charge in [-0.1, -0.05) is 18.9 Å². The Hall–Kier alpha value is -1.32. The van der Waals surface area contributed by atoms with Crippen molar-refractivity contribution in [1.82, 2.24) is 0 Å². The van der Waals surface area contributed by atoms with E-state index in [4.69, 9.17) is 4.74 Å². The standard InChI is InChI=1S/C17H26O4/c1-3-4-9-13-11-17(13,2)21-15(18)10-14(16(19)20)12-7-5-6-8-12/h3,12-14H,1,4-11H2,2H3,(H,19,20)/t13-,14-,17-/m0/s1. The Morgan fingerprint density at radius 1 is 1.43 bits per heavy atom. The van der Waals surface area contributed by atoms with Gasteiger partial charge in [0, 0.05) is 5.92 Å². The van der Waals surface area contributed by atoms with Crippen molar-refractivity contribution >= 4 is 11.9 Å². The zero-order valence-electron chi connectivity index (χ0n) is 12.8. The maximum absolute atomic E-state index is 12.1. The summed E-state index contributed by atoms with van der Waals surface area (Å²) >= 11 is 0. The lowest BCUT2D eigenvalue weighted by atomic mass is 9.88. The Morgan fingerprint density at radius 2 is 2.10 bits per heavy atom. The molecule has 3 atom stereocenters. The minimum Gasteiger partial charge on any atom is -0.481 e. The van der Waals surface area contributed by atoms with E-state index in [0.29, 0.717) is 5.92 Å². The molecule has 2 aliphatic carbocycles. The van der Waals surface area contributed by atoms with E-state index in [1.807, 2.05) is 13.0 Å². The molecule has 2 aliphatic rings. The number of carboxylic acid groups (broad SMARTS) is 1. The van der Waals surface area contributed by atoms with Crippen LogP contribution in [0.1, 0.15) is 58.3 Å². The molecule has 0 spiro atoms. The van der Waals surface area contributed by atoms with Gasteiger partial charge in [-0.05, 0) is 44.9 Å². The van der Waals surface area contributed by atoms with E-state index in [0.717, 1.165) is 44.9 Å². The Labute approximate surface area is 126 Å². The molecule has 2 rings (SSSR count). The smallest absolute Gasteiger partial charge is 0.307 e. The largest absolute Gasteiger partial charge is 0.481 e. The Morgan fingerprint density at radius 3 is 2.67 bits per heavy atom. The lowest BCUT2D eigenvalue weighted by Crippen LogP contribution is -2.28. The summed E-state index contributed by atoms with van der Waals surface area (Å²) in [5.41, 5.74) is -0.376. The fourth-order valence-electron chi connectivity index (χ4n) is 3.58. The molecule has 0 aromatic heterocycles. The molecule has 0 heterocycles. The molecule has 4 nitrogen and oxygen atoms in total. The number of rotatable bonds is 8. The van der Waals surface area contributed by atoms with Crippen LogP contribution in [0.15, 0.2) is 12.7 Å². The number of carbonyl (C=O) groups is 2. The minimum absolute atomic E-state index is 0.0176. The number of aliphatic carboxylic acids is 1. The number of hydrogen-bond acceptors (Lipinski definition) is 3. The van der Waals surface area contributed by atoms with Crippen molar-refractivity contribution in [2.45, 2.75) is 63.9 Å². The van der Waals surface area contributed by atoms with Gasteiger partial charge in [0.2, 0.25) is 0 Å². The molecule has 0 aromatic carbocycles. The molecule has 0 amide bonds. The third-order valence-electron chi connectivity index (χ3n) is 5.09. The first-order valence-electron chi connectivity index (χ1n) is 8.02. The minimum atomic E-state index is -0.858. The van der Waals surface area contributed by atoms with Gasteiger partial charge >= 0.3 is 11.9 Å². The lowest BCUT2D eigenvalue weighted by Gasteiger charge is -2.20. The molecule has 0 radical (unpaired) electrons. The van der Waals surface area contributed by atoms with Crippen LogP contribution < -0.4 is 0 Å². The summed E-state index contributed by atoms with van der Waals surface area (Å²) in [4.78, 5) is 23.5. The van der Waals surface area contributed by atoms with Crippen LogP contribution in [0.25, 0.3) is 0 Å². The summed E-state index contributed by atoms with van der Waals surface area (Å²) in [5.74, 6) is -1.25. The van der Waals surface area contributed by atoms with Crippen LogP contribution in [0, 0.1) is 17.8 Å². The number of ether oxygens (including phenoxy) is 1. The Kier molecular flexibility index (Phi) is 5.07. The number of hydrogen-bond donors (Lipinski definition) is 1. The highest BCUT2D eigenvalue weighted by atomic mass is 16.6. The molecule has 21 heavy (non-hydrogen) atoms. The van der Waals surface area contributed by atoms with Crippen molar-refractivity contribution in [3.05, 3.63) is 12.7 Å². The van der Waals surface area contributed by atoms with E-state index in [1.54, 1.807) is 0 Å². The predicted molar refractivity (Wildman–Crippen MR) is 79.7 cm³/mol. The van der Waals surface area contributed by atoms with Gasteiger partial charge in [0.05, 0.1) is 12.3 Å². The average molecular weight is 294 g/mol. The predicted octanol–water partition coefficient (Wildman–Crippen LogP) is 3.56. The van der Waals surface area contributed by atoms with Crippen LogP contribution >= 0.6 is 0 Å². The van der Waals surface area contributed by atoms with Gasteiger partial charge in [0.15, 0.2) is 0 Å². The number of esters is 1. The summed E-state index contributed by atoms with van der Waals surface area (Å²) in [5, 5.41) is 9.35. The molecular weight excluding hydrogens is 268 g/mol. The quantitative estimate of drug-likeness (QED) is 0.549. The van der Waals surface area contributed by atoms with Crippen molar-refractivity contribution < 1.29 is 19.4 Å². The van der Waals surface area contributed by atoms with Crippen molar-refractivity contribution in [3.8, 4) is 0 Å². The van der Waals surface area contributed by atoms with Gasteiger partial charge in [-0.3, -0.25) is 9.59 Å². The monoisotopic (exact) mass is 294 g/mol. The van der Waals surface area contributed by atoms with E-state index in [-0.39, 0.29) is 23.9 Å². The molecule has 0 aromatic rings. The van der Waals surface area contributed by atoms with Gasteiger partial charge in [-0.15, -0.1) is 6.58 Å². The van der Waals surface area contributed by atoms with Crippen molar-refractivity contribution in [2.24, 2.45) is 17.8 Å². The maximum atomic E-state index is 12.1. The average Bonchev–Trinajstić information content (AvgIpc) is 2.84. The van der Waals surface area contributed by atoms with E-state index < -0.39 is 11.9 Å². The topological polar surface area (TPSA) is 63.6 Å². The normalized spacial score (nSPS) is 29.9. The van der Waals surface area contributed by atoms with Gasteiger partial charge in [0.25, 0.3) is 0 Å². The number of carboxylic acids is 1. The third-order valence-corrected chi connectivity index (χ3v) is 5.09. The van der Waals surface area contributed by atoms with Crippen LogP contribution in [0.3, 0.4) is 0 Å². The van der Waals surface area contributed by atoms with Gasteiger partial charge in [-0.25, -0.2) is 0 Å². The summed E-state index contributed by atoms with van der Waals surface area (Å²) < 4.78 is 5.56. The summed E-state index contributed by atoms with van der Waals surface area (Å²) in [6.07, 6.45) is 8.68. The zero-order valence-corrected chi connectivity index (χ0v) is 12.8. The molecular formula is C17H26O4. The zero-order chi connectivity index (χ0) is 15.5. The van der Waals surface area contributed by atoms with Crippen LogP contribution in [0.5, 0.6) is 0 Å².